The molecule has 0 bridgehead atoms. The third-order valence-corrected chi connectivity index (χ3v) is 5.20. The van der Waals surface area contributed by atoms with Crippen LogP contribution < -0.4 is 0 Å². The maximum absolute atomic E-state index is 6.41. The van der Waals surface area contributed by atoms with Gasteiger partial charge < -0.3 is 0 Å². The molecule has 4 heterocycles. The molecular formula is C16H11ClN4S. The molecule has 0 radical (unpaired) electrons. The first kappa shape index (κ1) is 12.6. The summed E-state index contributed by atoms with van der Waals surface area (Å²) in [6.07, 6.45) is 4.29. The molecule has 108 valence electrons. The number of hydrogen-bond donors (Lipinski definition) is 0. The topological polar surface area (TPSA) is 43.1 Å². The summed E-state index contributed by atoms with van der Waals surface area (Å²) >= 11 is 8.06. The molecule has 0 unspecified atom stereocenters. The van der Waals surface area contributed by atoms with Crippen molar-refractivity contribution in [1.29, 1.82) is 0 Å². The molecule has 0 saturated heterocycles. The van der Waals surface area contributed by atoms with Crippen molar-refractivity contribution in [1.82, 2.24) is 19.6 Å². The predicted octanol–water partition coefficient (Wildman–Crippen LogP) is 4.54. The van der Waals surface area contributed by atoms with E-state index in [2.05, 4.69) is 21.1 Å². The number of fused-ring (bicyclic) bond motifs is 3. The summed E-state index contributed by atoms with van der Waals surface area (Å²) in [7, 11) is 0. The SMILES string of the molecule is Clc1nc2c(cnc3cc(C4CC4)nn32)cc1-c1cccs1. The Balaban J connectivity index is 1.78. The van der Waals surface area contributed by atoms with E-state index >= 15 is 0 Å². The summed E-state index contributed by atoms with van der Waals surface area (Å²) in [6.45, 7) is 0. The number of halogens is 1. The Morgan fingerprint density at radius 2 is 2.18 bits per heavy atom. The van der Waals surface area contributed by atoms with Crippen LogP contribution in [0.3, 0.4) is 0 Å². The minimum atomic E-state index is 0.505. The van der Waals surface area contributed by atoms with E-state index in [1.807, 2.05) is 34.3 Å². The van der Waals surface area contributed by atoms with Crippen LogP contribution in [0, 0.1) is 0 Å². The van der Waals surface area contributed by atoms with E-state index in [1.54, 1.807) is 11.3 Å². The molecule has 4 aromatic heterocycles. The fraction of sp³-hybridized carbons (Fsp3) is 0.188. The maximum Gasteiger partial charge on any atom is 0.166 e. The Morgan fingerprint density at radius 3 is 2.95 bits per heavy atom. The number of nitrogens with zero attached hydrogens (tertiary/aromatic N) is 4. The van der Waals surface area contributed by atoms with Crippen molar-refractivity contribution in [3.63, 3.8) is 0 Å². The molecule has 1 fully saturated rings. The average Bonchev–Trinajstić information content (AvgIpc) is 3.07. The Bertz CT molecular complexity index is 1000. The maximum atomic E-state index is 6.41. The highest BCUT2D eigenvalue weighted by molar-refractivity contribution is 7.13. The molecule has 0 aliphatic heterocycles. The van der Waals surface area contributed by atoms with E-state index in [9.17, 15) is 0 Å². The Labute approximate surface area is 135 Å². The highest BCUT2D eigenvalue weighted by atomic mass is 35.5. The molecule has 0 amide bonds. The van der Waals surface area contributed by atoms with Gasteiger partial charge in [0.25, 0.3) is 0 Å². The molecule has 0 atom stereocenters. The average molecular weight is 327 g/mol. The van der Waals surface area contributed by atoms with Crippen molar-refractivity contribution in [3.05, 3.63) is 46.7 Å². The van der Waals surface area contributed by atoms with Gasteiger partial charge in [-0.15, -0.1) is 11.3 Å². The Hall–Kier alpha value is -1.98. The van der Waals surface area contributed by atoms with Crippen molar-refractivity contribution >= 4 is 39.6 Å². The molecule has 4 nitrogen and oxygen atoms in total. The van der Waals surface area contributed by atoms with Gasteiger partial charge in [-0.25, -0.2) is 9.97 Å². The molecule has 6 heteroatoms. The summed E-state index contributed by atoms with van der Waals surface area (Å²) < 4.78 is 1.81. The second-order valence-electron chi connectivity index (χ2n) is 5.59. The van der Waals surface area contributed by atoms with Crippen LogP contribution in [-0.4, -0.2) is 19.6 Å². The highest BCUT2D eigenvalue weighted by Gasteiger charge is 2.27. The first-order valence-electron chi connectivity index (χ1n) is 7.18. The third-order valence-electron chi connectivity index (χ3n) is 4.01. The monoisotopic (exact) mass is 326 g/mol. The van der Waals surface area contributed by atoms with Crippen LogP contribution >= 0.6 is 22.9 Å². The van der Waals surface area contributed by atoms with Crippen molar-refractivity contribution in [3.8, 4) is 10.4 Å². The summed E-state index contributed by atoms with van der Waals surface area (Å²) in [5, 5.41) is 8.16. The smallest absolute Gasteiger partial charge is 0.166 e. The van der Waals surface area contributed by atoms with Crippen LogP contribution in [0.2, 0.25) is 5.15 Å². The lowest BCUT2D eigenvalue weighted by Gasteiger charge is -2.05. The van der Waals surface area contributed by atoms with E-state index < -0.39 is 0 Å². The van der Waals surface area contributed by atoms with Crippen molar-refractivity contribution in [2.24, 2.45) is 0 Å². The van der Waals surface area contributed by atoms with Crippen LogP contribution in [0.5, 0.6) is 0 Å². The zero-order chi connectivity index (χ0) is 14.7. The molecule has 4 aromatic rings. The van der Waals surface area contributed by atoms with Gasteiger partial charge in [0, 0.05) is 34.0 Å². The van der Waals surface area contributed by atoms with Crippen LogP contribution in [0.25, 0.3) is 27.1 Å². The molecule has 1 saturated carbocycles. The molecule has 5 rings (SSSR count). The lowest BCUT2D eigenvalue weighted by atomic mass is 10.2. The number of aromatic nitrogens is 4. The zero-order valence-corrected chi connectivity index (χ0v) is 13.1. The van der Waals surface area contributed by atoms with Gasteiger partial charge in [0.1, 0.15) is 5.15 Å². The van der Waals surface area contributed by atoms with E-state index in [-0.39, 0.29) is 0 Å². The second kappa shape index (κ2) is 4.51. The van der Waals surface area contributed by atoms with Gasteiger partial charge in [-0.2, -0.15) is 9.61 Å². The van der Waals surface area contributed by atoms with Gasteiger partial charge in [-0.1, -0.05) is 17.7 Å². The molecule has 0 N–H and O–H groups in total. The fourth-order valence-electron chi connectivity index (χ4n) is 2.72. The number of hydrogen-bond acceptors (Lipinski definition) is 4. The van der Waals surface area contributed by atoms with Crippen molar-refractivity contribution < 1.29 is 0 Å². The van der Waals surface area contributed by atoms with Gasteiger partial charge in [0.2, 0.25) is 0 Å². The molecule has 0 spiro atoms. The van der Waals surface area contributed by atoms with Crippen LogP contribution in [0.1, 0.15) is 24.5 Å². The zero-order valence-electron chi connectivity index (χ0n) is 11.5. The van der Waals surface area contributed by atoms with Crippen LogP contribution in [-0.2, 0) is 0 Å². The van der Waals surface area contributed by atoms with Crippen LogP contribution in [0.15, 0.2) is 35.8 Å². The Kier molecular flexibility index (Phi) is 2.57. The van der Waals surface area contributed by atoms with Gasteiger partial charge in [0.05, 0.1) is 5.69 Å². The fourth-order valence-corrected chi connectivity index (χ4v) is 3.75. The van der Waals surface area contributed by atoms with Gasteiger partial charge >= 0.3 is 0 Å². The number of pyridine rings is 1. The normalized spacial score (nSPS) is 15.0. The van der Waals surface area contributed by atoms with Gasteiger partial charge in [0.15, 0.2) is 11.3 Å². The number of thiophene rings is 1. The largest absolute Gasteiger partial charge is 0.236 e. The minimum absolute atomic E-state index is 0.505. The van der Waals surface area contributed by atoms with E-state index in [1.165, 1.54) is 12.8 Å². The molecule has 0 aromatic carbocycles. The molecular weight excluding hydrogens is 316 g/mol. The minimum Gasteiger partial charge on any atom is -0.236 e. The predicted molar refractivity (Wildman–Crippen MR) is 88.6 cm³/mol. The van der Waals surface area contributed by atoms with Gasteiger partial charge in [-0.05, 0) is 30.4 Å². The van der Waals surface area contributed by atoms with E-state index in [0.29, 0.717) is 11.1 Å². The summed E-state index contributed by atoms with van der Waals surface area (Å²) in [4.78, 5) is 10.2. The van der Waals surface area contributed by atoms with Crippen molar-refractivity contribution in [2.45, 2.75) is 18.8 Å². The first-order valence-corrected chi connectivity index (χ1v) is 8.44. The number of rotatable bonds is 2. The Morgan fingerprint density at radius 1 is 1.27 bits per heavy atom. The quantitative estimate of drug-likeness (QED) is 0.508. The lowest BCUT2D eigenvalue weighted by molar-refractivity contribution is 0.899. The van der Waals surface area contributed by atoms with E-state index in [4.69, 9.17) is 11.6 Å². The second-order valence-corrected chi connectivity index (χ2v) is 6.89. The lowest BCUT2D eigenvalue weighted by Crippen LogP contribution is -1.97. The summed E-state index contributed by atoms with van der Waals surface area (Å²) in [5.74, 6) is 0.595. The van der Waals surface area contributed by atoms with Gasteiger partial charge in [-0.3, -0.25) is 0 Å². The molecule has 1 aliphatic carbocycles. The van der Waals surface area contributed by atoms with Crippen molar-refractivity contribution in [2.75, 3.05) is 0 Å². The standard InChI is InChI=1S/C16H11ClN4S/c17-15-11(13-2-1-5-22-13)6-10-8-18-14-7-12(9-3-4-9)20-21(14)16(10)19-15/h1-2,5-9H,3-4H2. The van der Waals surface area contributed by atoms with E-state index in [0.717, 1.165) is 32.8 Å². The summed E-state index contributed by atoms with van der Waals surface area (Å²) in [5.41, 5.74) is 3.66. The highest BCUT2D eigenvalue weighted by Crippen LogP contribution is 2.40. The molecule has 1 aliphatic rings. The summed E-state index contributed by atoms with van der Waals surface area (Å²) in [6, 6.07) is 8.16. The third kappa shape index (κ3) is 1.86. The molecule has 22 heavy (non-hydrogen) atoms. The van der Waals surface area contributed by atoms with Crippen LogP contribution in [0.4, 0.5) is 0 Å². The first-order chi connectivity index (χ1) is 10.8.